The van der Waals surface area contributed by atoms with E-state index in [1.165, 1.54) is 42.5 Å². The van der Waals surface area contributed by atoms with Crippen molar-refractivity contribution in [2.75, 3.05) is 0 Å². The molecule has 0 spiro atoms. The number of hydrogen-bond donors (Lipinski definition) is 6. The van der Waals surface area contributed by atoms with E-state index in [2.05, 4.69) is 0 Å². The average Bonchev–Trinajstić information content (AvgIpc) is 2.87. The first-order valence-corrected chi connectivity index (χ1v) is 11.1. The van der Waals surface area contributed by atoms with Crippen LogP contribution in [0.25, 0.3) is 17.0 Å². The van der Waals surface area contributed by atoms with Crippen molar-refractivity contribution in [3.05, 3.63) is 82.2 Å². The Labute approximate surface area is 218 Å². The number of carboxylic acid groups (broad SMARTS) is 1. The van der Waals surface area contributed by atoms with Gasteiger partial charge in [-0.2, -0.15) is 0 Å². The lowest BCUT2D eigenvalue weighted by Crippen LogP contribution is -2.28. The van der Waals surface area contributed by atoms with E-state index < -0.39 is 46.7 Å². The van der Waals surface area contributed by atoms with Gasteiger partial charge in [0.25, 0.3) is 0 Å². The van der Waals surface area contributed by atoms with Gasteiger partial charge in [0.15, 0.2) is 34.5 Å². The largest absolute Gasteiger partial charge is 0.504 e. The van der Waals surface area contributed by atoms with Crippen molar-refractivity contribution < 1.29 is 54.1 Å². The number of ether oxygens (including phenoxy) is 2. The fraction of sp³-hybridized carbons (Fsp3) is 0.0741. The normalized spacial score (nSPS) is 11.9. The molecule has 12 heteroatoms. The molecule has 3 aromatic carbocycles. The van der Waals surface area contributed by atoms with E-state index >= 15 is 0 Å². The second-order valence-corrected chi connectivity index (χ2v) is 8.23. The Bertz CT molecular complexity index is 1670. The second-order valence-electron chi connectivity index (χ2n) is 8.23. The molecule has 0 radical (unpaired) electrons. The van der Waals surface area contributed by atoms with Gasteiger partial charge in [0, 0.05) is 23.9 Å². The quantitative estimate of drug-likeness (QED) is 0.0830. The zero-order valence-corrected chi connectivity index (χ0v) is 19.8. The summed E-state index contributed by atoms with van der Waals surface area (Å²) in [6.45, 7) is 0. The van der Waals surface area contributed by atoms with Gasteiger partial charge in [-0.15, -0.1) is 0 Å². The Morgan fingerprint density at radius 1 is 0.821 bits per heavy atom. The van der Waals surface area contributed by atoms with Crippen LogP contribution in [0, 0.1) is 0 Å². The molecule has 4 rings (SSSR count). The molecule has 1 unspecified atom stereocenters. The van der Waals surface area contributed by atoms with Crippen LogP contribution in [0.15, 0.2) is 69.9 Å². The van der Waals surface area contributed by atoms with Gasteiger partial charge in [0.05, 0.1) is 0 Å². The molecular weight excluding hydrogens is 516 g/mol. The molecule has 12 nitrogen and oxygen atoms in total. The minimum atomic E-state index is -1.57. The lowest BCUT2D eigenvalue weighted by molar-refractivity contribution is -0.160. The maximum absolute atomic E-state index is 12.2. The zero-order chi connectivity index (χ0) is 28.3. The lowest BCUT2D eigenvalue weighted by Gasteiger charge is -2.13. The summed E-state index contributed by atoms with van der Waals surface area (Å²) in [6, 6.07) is 11.1. The molecule has 0 amide bonds. The zero-order valence-electron chi connectivity index (χ0n) is 19.8. The topological polar surface area (TPSA) is 204 Å². The van der Waals surface area contributed by atoms with Crippen molar-refractivity contribution in [3.63, 3.8) is 0 Å². The van der Waals surface area contributed by atoms with Gasteiger partial charge >= 0.3 is 17.6 Å². The van der Waals surface area contributed by atoms with Crippen LogP contribution in [0.4, 0.5) is 0 Å². The van der Waals surface area contributed by atoms with Gasteiger partial charge in [-0.05, 0) is 53.6 Å². The van der Waals surface area contributed by atoms with E-state index in [-0.39, 0.29) is 34.6 Å². The van der Waals surface area contributed by atoms with E-state index in [4.69, 9.17) is 13.9 Å². The SMILES string of the molecule is O=C(C=Cc1ccc(Oc2cc3cc(O)c(O)cc3oc2=O)c(O)c1)OC(Cc1ccc(O)c(O)c1)C(=O)O. The van der Waals surface area contributed by atoms with Crippen LogP contribution < -0.4 is 10.4 Å². The molecule has 0 aliphatic carbocycles. The first-order valence-electron chi connectivity index (χ1n) is 11.1. The number of esters is 1. The van der Waals surface area contributed by atoms with E-state index in [1.807, 2.05) is 0 Å². The van der Waals surface area contributed by atoms with E-state index in [1.54, 1.807) is 0 Å². The number of aromatic hydroxyl groups is 5. The second kappa shape index (κ2) is 10.8. The third kappa shape index (κ3) is 6.20. The molecule has 6 N–H and O–H groups in total. The molecule has 0 saturated heterocycles. The highest BCUT2D eigenvalue weighted by atomic mass is 16.6. The number of fused-ring (bicyclic) bond motifs is 1. The van der Waals surface area contributed by atoms with Gasteiger partial charge in [0.1, 0.15) is 5.58 Å². The Hall–Kier alpha value is -5.65. The molecule has 0 fully saturated rings. The van der Waals surface area contributed by atoms with Crippen molar-refractivity contribution in [2.24, 2.45) is 0 Å². The molecule has 1 heterocycles. The molecule has 0 bridgehead atoms. The van der Waals surface area contributed by atoms with Crippen LogP contribution in [-0.4, -0.2) is 48.7 Å². The molecule has 200 valence electrons. The fourth-order valence-corrected chi connectivity index (χ4v) is 3.47. The number of aliphatic carboxylic acids is 1. The highest BCUT2D eigenvalue weighted by Crippen LogP contribution is 2.34. The van der Waals surface area contributed by atoms with Crippen molar-refractivity contribution >= 4 is 29.0 Å². The van der Waals surface area contributed by atoms with E-state index in [9.17, 15) is 45.0 Å². The summed E-state index contributed by atoms with van der Waals surface area (Å²) >= 11 is 0. The summed E-state index contributed by atoms with van der Waals surface area (Å²) < 4.78 is 15.5. The number of phenolic OH excluding ortho intramolecular Hbond substituents is 5. The Morgan fingerprint density at radius 3 is 2.23 bits per heavy atom. The maximum Gasteiger partial charge on any atom is 0.379 e. The maximum atomic E-state index is 12.2. The third-order valence-corrected chi connectivity index (χ3v) is 5.41. The monoisotopic (exact) mass is 536 g/mol. The molecular formula is C27H20O12. The van der Waals surface area contributed by atoms with Crippen LogP contribution in [0.2, 0.25) is 0 Å². The third-order valence-electron chi connectivity index (χ3n) is 5.41. The van der Waals surface area contributed by atoms with Crippen LogP contribution in [0.1, 0.15) is 11.1 Å². The number of hydrogen-bond acceptors (Lipinski definition) is 11. The number of carbonyl (C=O) groups excluding carboxylic acids is 1. The van der Waals surface area contributed by atoms with Crippen molar-refractivity contribution in [2.45, 2.75) is 12.5 Å². The number of rotatable bonds is 8. The van der Waals surface area contributed by atoms with Crippen LogP contribution in [-0.2, 0) is 20.7 Å². The van der Waals surface area contributed by atoms with E-state index in [0.29, 0.717) is 11.1 Å². The summed E-state index contributed by atoms with van der Waals surface area (Å²) in [4.78, 5) is 35.9. The predicted molar refractivity (Wildman–Crippen MR) is 134 cm³/mol. The summed E-state index contributed by atoms with van der Waals surface area (Å²) in [5, 5.41) is 58.1. The summed E-state index contributed by atoms with van der Waals surface area (Å²) in [6.07, 6.45) is 0.352. The average molecular weight is 536 g/mol. The van der Waals surface area contributed by atoms with Crippen molar-refractivity contribution in [1.29, 1.82) is 0 Å². The lowest BCUT2D eigenvalue weighted by atomic mass is 10.1. The van der Waals surface area contributed by atoms with E-state index in [0.717, 1.165) is 24.3 Å². The highest BCUT2D eigenvalue weighted by molar-refractivity contribution is 5.89. The Kier molecular flexibility index (Phi) is 7.29. The number of phenols is 5. The Balaban J connectivity index is 1.44. The van der Waals surface area contributed by atoms with Crippen LogP contribution in [0.5, 0.6) is 40.2 Å². The summed E-state index contributed by atoms with van der Waals surface area (Å²) in [5.74, 6) is -5.00. The highest BCUT2D eigenvalue weighted by Gasteiger charge is 2.22. The standard InChI is InChI=1S/C27H20O12/c28-16-4-1-14(8-17(16)29)9-23(26(34)35)38-25(33)6-3-13-2-5-21(20(32)7-13)37-24-11-15-10-18(30)19(31)12-22(15)39-27(24)36/h1-8,10-12,23,28-32H,9H2,(H,34,35). The summed E-state index contributed by atoms with van der Waals surface area (Å²) in [5.41, 5.74) is -0.289. The smallest absolute Gasteiger partial charge is 0.379 e. The number of carbonyl (C=O) groups is 2. The molecule has 0 saturated carbocycles. The Morgan fingerprint density at radius 2 is 1.54 bits per heavy atom. The molecule has 1 atom stereocenters. The predicted octanol–water partition coefficient (Wildman–Crippen LogP) is 3.37. The van der Waals surface area contributed by atoms with Gasteiger partial charge < -0.3 is 44.5 Å². The minimum Gasteiger partial charge on any atom is -0.504 e. The van der Waals surface area contributed by atoms with Gasteiger partial charge in [-0.25, -0.2) is 14.4 Å². The summed E-state index contributed by atoms with van der Waals surface area (Å²) in [7, 11) is 0. The molecule has 0 aliphatic rings. The van der Waals surface area contributed by atoms with Crippen molar-refractivity contribution in [3.8, 4) is 40.2 Å². The molecule has 1 aromatic heterocycles. The van der Waals surface area contributed by atoms with Gasteiger partial charge in [-0.3, -0.25) is 0 Å². The molecule has 39 heavy (non-hydrogen) atoms. The van der Waals surface area contributed by atoms with Gasteiger partial charge in [0.2, 0.25) is 11.9 Å². The number of benzene rings is 3. The van der Waals surface area contributed by atoms with Crippen molar-refractivity contribution in [1.82, 2.24) is 0 Å². The minimum absolute atomic E-state index is 0.00518. The molecule has 4 aromatic rings. The number of carboxylic acids is 1. The first kappa shape index (κ1) is 26.4. The van der Waals surface area contributed by atoms with Crippen LogP contribution >= 0.6 is 0 Å². The first-order chi connectivity index (χ1) is 18.5. The molecule has 0 aliphatic heterocycles. The van der Waals surface area contributed by atoms with Crippen LogP contribution in [0.3, 0.4) is 0 Å². The van der Waals surface area contributed by atoms with Gasteiger partial charge in [-0.1, -0.05) is 12.1 Å². The fourth-order valence-electron chi connectivity index (χ4n) is 3.47.